The Bertz CT molecular complexity index is 491. The number of halogens is 4. The molecule has 0 atom stereocenters. The lowest BCUT2D eigenvalue weighted by Gasteiger charge is -2.39. The Balaban J connectivity index is 2.11. The van der Waals surface area contributed by atoms with Crippen LogP contribution in [-0.2, 0) is 12.7 Å². The van der Waals surface area contributed by atoms with E-state index in [1.807, 2.05) is 11.9 Å². The molecule has 0 unspecified atom stereocenters. The largest absolute Gasteiger partial charge is 0.416 e. The summed E-state index contributed by atoms with van der Waals surface area (Å²) in [5.41, 5.74) is -0.687. The molecule has 0 saturated carbocycles. The molecule has 0 aliphatic carbocycles. The molecule has 0 spiro atoms. The van der Waals surface area contributed by atoms with Gasteiger partial charge in [0.15, 0.2) is 0 Å². The molecule has 2 rings (SSSR count). The second-order valence-corrected chi connectivity index (χ2v) is 5.89. The van der Waals surface area contributed by atoms with E-state index in [1.54, 1.807) is 0 Å². The van der Waals surface area contributed by atoms with Crippen LogP contribution in [0.5, 0.6) is 0 Å². The van der Waals surface area contributed by atoms with Gasteiger partial charge in [-0.05, 0) is 44.5 Å². The van der Waals surface area contributed by atoms with E-state index in [-0.39, 0.29) is 17.6 Å². The molecule has 0 amide bonds. The van der Waals surface area contributed by atoms with E-state index in [0.29, 0.717) is 6.07 Å². The van der Waals surface area contributed by atoms with Crippen molar-refractivity contribution in [2.75, 3.05) is 20.1 Å². The van der Waals surface area contributed by atoms with Crippen molar-refractivity contribution in [2.24, 2.45) is 0 Å². The van der Waals surface area contributed by atoms with Crippen molar-refractivity contribution >= 4 is 0 Å². The molecular formula is C15H20F4N2. The number of rotatable bonds is 3. The minimum atomic E-state index is -4.52. The third-order valence-corrected chi connectivity index (χ3v) is 4.33. The maximum atomic E-state index is 13.1. The zero-order valence-electron chi connectivity index (χ0n) is 12.2. The summed E-state index contributed by atoms with van der Waals surface area (Å²) in [5.74, 6) is -0.854. The highest BCUT2D eigenvalue weighted by molar-refractivity contribution is 5.30. The van der Waals surface area contributed by atoms with Gasteiger partial charge in [-0.2, -0.15) is 13.2 Å². The maximum absolute atomic E-state index is 13.1. The minimum absolute atomic E-state index is 0.0478. The van der Waals surface area contributed by atoms with Crippen molar-refractivity contribution in [1.29, 1.82) is 0 Å². The summed E-state index contributed by atoms with van der Waals surface area (Å²) in [6.45, 7) is 3.77. The van der Waals surface area contributed by atoms with Gasteiger partial charge in [0.2, 0.25) is 0 Å². The zero-order chi connectivity index (χ0) is 15.7. The first kappa shape index (κ1) is 16.2. The van der Waals surface area contributed by atoms with E-state index < -0.39 is 17.6 Å². The Labute approximate surface area is 122 Å². The van der Waals surface area contributed by atoms with Crippen molar-refractivity contribution in [3.8, 4) is 0 Å². The normalized spacial score (nSPS) is 19.7. The Kier molecular flexibility index (Phi) is 4.58. The number of alkyl halides is 3. The number of likely N-dealkylation sites (tertiary alicyclic amines) is 1. The molecule has 2 nitrogen and oxygen atoms in total. The van der Waals surface area contributed by atoms with Gasteiger partial charge in [-0.15, -0.1) is 0 Å². The first-order valence-electron chi connectivity index (χ1n) is 7.00. The van der Waals surface area contributed by atoms with Gasteiger partial charge in [-0.3, -0.25) is 4.90 Å². The summed E-state index contributed by atoms with van der Waals surface area (Å²) in [6, 6.07) is 2.91. The van der Waals surface area contributed by atoms with Crippen molar-refractivity contribution in [3.63, 3.8) is 0 Å². The van der Waals surface area contributed by atoms with E-state index in [4.69, 9.17) is 0 Å². The van der Waals surface area contributed by atoms with E-state index in [2.05, 4.69) is 12.2 Å². The zero-order valence-corrected chi connectivity index (χ0v) is 12.2. The molecule has 1 saturated heterocycles. The van der Waals surface area contributed by atoms with Gasteiger partial charge in [-0.25, -0.2) is 4.39 Å². The lowest BCUT2D eigenvalue weighted by molar-refractivity contribution is -0.138. The molecule has 0 radical (unpaired) electrons. The van der Waals surface area contributed by atoms with Crippen LogP contribution in [-0.4, -0.2) is 30.6 Å². The predicted molar refractivity (Wildman–Crippen MR) is 73.4 cm³/mol. The second kappa shape index (κ2) is 5.93. The maximum Gasteiger partial charge on any atom is 0.416 e. The van der Waals surface area contributed by atoms with Crippen LogP contribution in [0.3, 0.4) is 0 Å². The van der Waals surface area contributed by atoms with Gasteiger partial charge in [0.25, 0.3) is 0 Å². The third-order valence-electron chi connectivity index (χ3n) is 4.33. The number of hydrogen-bond acceptors (Lipinski definition) is 2. The first-order chi connectivity index (χ1) is 9.73. The van der Waals surface area contributed by atoms with Crippen LogP contribution in [0, 0.1) is 5.82 Å². The summed E-state index contributed by atoms with van der Waals surface area (Å²) < 4.78 is 52.0. The minimum Gasteiger partial charge on any atom is -0.314 e. The average Bonchev–Trinajstić information content (AvgIpc) is 2.42. The molecular weight excluding hydrogens is 284 g/mol. The first-order valence-corrected chi connectivity index (χ1v) is 7.00. The summed E-state index contributed by atoms with van der Waals surface area (Å²) >= 11 is 0. The molecule has 1 aliphatic rings. The van der Waals surface area contributed by atoms with Crippen LogP contribution < -0.4 is 5.32 Å². The molecule has 21 heavy (non-hydrogen) atoms. The SMILES string of the molecule is CNC1(C)CCN(Cc2ccc(F)cc2C(F)(F)F)CC1. The summed E-state index contributed by atoms with van der Waals surface area (Å²) in [4.78, 5) is 1.99. The van der Waals surface area contributed by atoms with Crippen molar-refractivity contribution < 1.29 is 17.6 Å². The fraction of sp³-hybridized carbons (Fsp3) is 0.600. The number of hydrogen-bond donors (Lipinski definition) is 1. The second-order valence-electron chi connectivity index (χ2n) is 5.89. The van der Waals surface area contributed by atoms with Crippen LogP contribution >= 0.6 is 0 Å². The Hall–Kier alpha value is -1.14. The fourth-order valence-corrected chi connectivity index (χ4v) is 2.65. The quantitative estimate of drug-likeness (QED) is 0.861. The summed E-state index contributed by atoms with van der Waals surface area (Å²) in [5, 5.41) is 3.25. The smallest absolute Gasteiger partial charge is 0.314 e. The monoisotopic (exact) mass is 304 g/mol. The fourth-order valence-electron chi connectivity index (χ4n) is 2.65. The van der Waals surface area contributed by atoms with Crippen molar-refractivity contribution in [2.45, 2.75) is 38.0 Å². The van der Waals surface area contributed by atoms with Crippen LogP contribution in [0.1, 0.15) is 30.9 Å². The topological polar surface area (TPSA) is 15.3 Å². The third kappa shape index (κ3) is 3.95. The van der Waals surface area contributed by atoms with Crippen LogP contribution in [0.4, 0.5) is 17.6 Å². The molecule has 1 heterocycles. The number of benzene rings is 1. The van der Waals surface area contributed by atoms with Gasteiger partial charge in [0, 0.05) is 25.2 Å². The molecule has 1 aromatic rings. The van der Waals surface area contributed by atoms with Gasteiger partial charge in [-0.1, -0.05) is 6.07 Å². The summed E-state index contributed by atoms with van der Waals surface area (Å²) in [6.07, 6.45) is -2.76. The summed E-state index contributed by atoms with van der Waals surface area (Å²) in [7, 11) is 1.90. The molecule has 1 N–H and O–H groups in total. The predicted octanol–water partition coefficient (Wildman–Crippen LogP) is 3.42. The van der Waals surface area contributed by atoms with Gasteiger partial charge < -0.3 is 5.32 Å². The molecule has 1 aromatic carbocycles. The Morgan fingerprint density at radius 3 is 2.38 bits per heavy atom. The highest BCUT2D eigenvalue weighted by Gasteiger charge is 2.35. The van der Waals surface area contributed by atoms with Crippen LogP contribution in [0.2, 0.25) is 0 Å². The Morgan fingerprint density at radius 1 is 1.24 bits per heavy atom. The van der Waals surface area contributed by atoms with Crippen molar-refractivity contribution in [3.05, 3.63) is 35.1 Å². The average molecular weight is 304 g/mol. The van der Waals surface area contributed by atoms with E-state index in [1.165, 1.54) is 6.07 Å². The van der Waals surface area contributed by atoms with Gasteiger partial charge in [0.05, 0.1) is 5.56 Å². The van der Waals surface area contributed by atoms with E-state index in [0.717, 1.165) is 32.0 Å². The molecule has 1 fully saturated rings. The van der Waals surface area contributed by atoms with E-state index in [9.17, 15) is 17.6 Å². The van der Waals surface area contributed by atoms with E-state index >= 15 is 0 Å². The number of nitrogens with one attached hydrogen (secondary N) is 1. The highest BCUT2D eigenvalue weighted by Crippen LogP contribution is 2.33. The Morgan fingerprint density at radius 2 is 1.86 bits per heavy atom. The van der Waals surface area contributed by atoms with Crippen LogP contribution in [0.15, 0.2) is 18.2 Å². The number of nitrogens with zero attached hydrogens (tertiary/aromatic N) is 1. The molecule has 0 aromatic heterocycles. The van der Waals surface area contributed by atoms with Crippen LogP contribution in [0.25, 0.3) is 0 Å². The standard InChI is InChI=1S/C15H20F4N2/c1-14(20-2)5-7-21(8-6-14)10-11-3-4-12(16)9-13(11)15(17,18)19/h3-4,9,20H,5-8,10H2,1-2H3. The molecule has 118 valence electrons. The lowest BCUT2D eigenvalue weighted by atomic mass is 9.89. The molecule has 0 bridgehead atoms. The molecule has 1 aliphatic heterocycles. The van der Waals surface area contributed by atoms with Gasteiger partial charge in [0.1, 0.15) is 5.82 Å². The van der Waals surface area contributed by atoms with Gasteiger partial charge >= 0.3 is 6.18 Å². The highest BCUT2D eigenvalue weighted by atomic mass is 19.4. The number of piperidine rings is 1. The lowest BCUT2D eigenvalue weighted by Crippen LogP contribution is -2.49. The molecule has 6 heteroatoms. The van der Waals surface area contributed by atoms with Crippen molar-refractivity contribution in [1.82, 2.24) is 10.2 Å².